The maximum absolute atomic E-state index is 15.0. The standard InChI is InChI=1S/C26H27ClF2N4O5/c1-26(28)12-22(24(36)33(29)13-16-3-2-4-18(27)9-16)32(15-26)23(35)10-17-14-31(25(30)37)21-6-5-19(11-20(17)21)38-8-7-34/h2-6,9,11,14,22,34H,7-8,10,12-13,15H2,1H3,(H2,30,37)/t22-,26+/m0/s1. The van der Waals surface area contributed by atoms with Crippen molar-refractivity contribution in [2.45, 2.75) is 38.0 Å². The summed E-state index contributed by atoms with van der Waals surface area (Å²) in [7, 11) is 0. The molecule has 0 spiro atoms. The van der Waals surface area contributed by atoms with Crippen LogP contribution in [0.25, 0.3) is 10.9 Å². The Balaban J connectivity index is 1.58. The molecule has 3 aromatic rings. The number of aliphatic hydroxyl groups is 1. The molecule has 1 aromatic heterocycles. The number of amides is 3. The van der Waals surface area contributed by atoms with Crippen LogP contribution in [-0.4, -0.2) is 69.0 Å². The fourth-order valence-electron chi connectivity index (χ4n) is 4.68. The van der Waals surface area contributed by atoms with Gasteiger partial charge in [-0.1, -0.05) is 28.2 Å². The Morgan fingerprint density at radius 3 is 2.71 bits per heavy atom. The van der Waals surface area contributed by atoms with E-state index in [4.69, 9.17) is 27.2 Å². The highest BCUT2D eigenvalue weighted by atomic mass is 35.5. The molecule has 0 bridgehead atoms. The molecule has 4 rings (SSSR count). The predicted molar refractivity (Wildman–Crippen MR) is 136 cm³/mol. The molecule has 3 amide bonds. The monoisotopic (exact) mass is 548 g/mol. The number of likely N-dealkylation sites (tertiary alicyclic amines) is 1. The van der Waals surface area contributed by atoms with E-state index < -0.39 is 42.6 Å². The minimum absolute atomic E-state index is 0.0396. The summed E-state index contributed by atoms with van der Waals surface area (Å²) in [6.45, 7) is 0.277. The van der Waals surface area contributed by atoms with Crippen molar-refractivity contribution in [3.8, 4) is 5.75 Å². The Bertz CT molecular complexity index is 1380. The van der Waals surface area contributed by atoms with Crippen molar-refractivity contribution in [1.82, 2.24) is 14.6 Å². The Labute approximate surface area is 222 Å². The smallest absolute Gasteiger partial charge is 0.323 e. The van der Waals surface area contributed by atoms with Gasteiger partial charge in [0.05, 0.1) is 31.6 Å². The fraction of sp³-hybridized carbons (Fsp3) is 0.346. The van der Waals surface area contributed by atoms with Crippen LogP contribution >= 0.6 is 11.6 Å². The van der Waals surface area contributed by atoms with Crippen LogP contribution in [0, 0.1) is 0 Å². The molecule has 1 aliphatic rings. The highest BCUT2D eigenvalue weighted by molar-refractivity contribution is 6.30. The number of alkyl halides is 1. The van der Waals surface area contributed by atoms with Crippen LogP contribution < -0.4 is 10.5 Å². The van der Waals surface area contributed by atoms with Crippen molar-refractivity contribution in [2.75, 3.05) is 19.8 Å². The number of carbonyl (C=O) groups is 3. The van der Waals surface area contributed by atoms with Crippen molar-refractivity contribution in [3.63, 3.8) is 0 Å². The molecule has 0 aliphatic carbocycles. The van der Waals surface area contributed by atoms with Gasteiger partial charge in [-0.15, -0.1) is 0 Å². The van der Waals surface area contributed by atoms with Gasteiger partial charge < -0.3 is 20.5 Å². The molecular weight excluding hydrogens is 522 g/mol. The number of hydrogen-bond donors (Lipinski definition) is 2. The van der Waals surface area contributed by atoms with Gasteiger partial charge in [-0.05, 0) is 48.4 Å². The minimum Gasteiger partial charge on any atom is -0.491 e. The van der Waals surface area contributed by atoms with Gasteiger partial charge in [0, 0.05) is 23.0 Å². The van der Waals surface area contributed by atoms with E-state index in [1.807, 2.05) is 0 Å². The molecule has 2 aromatic carbocycles. The minimum atomic E-state index is -1.90. The third-order valence-electron chi connectivity index (χ3n) is 6.35. The van der Waals surface area contributed by atoms with Crippen molar-refractivity contribution in [1.29, 1.82) is 0 Å². The van der Waals surface area contributed by atoms with E-state index in [-0.39, 0.29) is 31.2 Å². The Hall–Kier alpha value is -3.70. The second kappa shape index (κ2) is 11.0. The third-order valence-corrected chi connectivity index (χ3v) is 6.58. The first-order valence-corrected chi connectivity index (χ1v) is 12.2. The molecule has 3 N–H and O–H groups in total. The number of carbonyl (C=O) groups excluding carboxylic acids is 3. The quantitative estimate of drug-likeness (QED) is 0.418. The number of fused-ring (bicyclic) bond motifs is 1. The molecular formula is C26H27ClF2N4O5. The zero-order valence-corrected chi connectivity index (χ0v) is 21.3. The van der Waals surface area contributed by atoms with Crippen molar-refractivity contribution in [2.24, 2.45) is 5.73 Å². The largest absolute Gasteiger partial charge is 0.491 e. The van der Waals surface area contributed by atoms with Gasteiger partial charge in [0.2, 0.25) is 5.91 Å². The molecule has 0 saturated carbocycles. The molecule has 1 fully saturated rings. The van der Waals surface area contributed by atoms with Crippen molar-refractivity contribution < 1.29 is 33.1 Å². The van der Waals surface area contributed by atoms with E-state index in [1.54, 1.807) is 36.4 Å². The number of rotatable bonds is 8. The van der Waals surface area contributed by atoms with Crippen LogP contribution in [0.5, 0.6) is 5.75 Å². The molecule has 38 heavy (non-hydrogen) atoms. The van der Waals surface area contributed by atoms with E-state index in [2.05, 4.69) is 0 Å². The zero-order chi connectivity index (χ0) is 27.6. The number of aromatic nitrogens is 1. The second-order valence-corrected chi connectivity index (χ2v) is 9.87. The lowest BCUT2D eigenvalue weighted by Gasteiger charge is -2.25. The summed E-state index contributed by atoms with van der Waals surface area (Å²) in [4.78, 5) is 39.4. The molecule has 9 nitrogen and oxygen atoms in total. The van der Waals surface area contributed by atoms with Crippen molar-refractivity contribution >= 4 is 40.3 Å². The lowest BCUT2D eigenvalue weighted by molar-refractivity contribution is -0.156. The number of hydrogen-bond acceptors (Lipinski definition) is 5. The molecule has 0 radical (unpaired) electrons. The third kappa shape index (κ3) is 5.89. The first-order chi connectivity index (χ1) is 18.0. The predicted octanol–water partition coefficient (Wildman–Crippen LogP) is 3.38. The van der Waals surface area contributed by atoms with E-state index in [1.165, 1.54) is 19.2 Å². The highest BCUT2D eigenvalue weighted by Gasteiger charge is 2.48. The van der Waals surface area contributed by atoms with Crippen LogP contribution in [0.15, 0.2) is 48.7 Å². The van der Waals surface area contributed by atoms with E-state index in [0.29, 0.717) is 32.8 Å². The van der Waals surface area contributed by atoms with Crippen LogP contribution in [0.1, 0.15) is 24.5 Å². The van der Waals surface area contributed by atoms with E-state index in [9.17, 15) is 18.9 Å². The van der Waals surface area contributed by atoms with Gasteiger partial charge >= 0.3 is 6.03 Å². The van der Waals surface area contributed by atoms with E-state index >= 15 is 4.39 Å². The lowest BCUT2D eigenvalue weighted by atomic mass is 10.0. The van der Waals surface area contributed by atoms with Gasteiger partial charge in [-0.25, -0.2) is 9.18 Å². The summed E-state index contributed by atoms with van der Waals surface area (Å²) in [5, 5.41) is 9.83. The fourth-order valence-corrected chi connectivity index (χ4v) is 4.89. The van der Waals surface area contributed by atoms with Gasteiger partial charge in [-0.3, -0.25) is 14.2 Å². The van der Waals surface area contributed by atoms with Gasteiger partial charge in [0.15, 0.2) is 0 Å². The Morgan fingerprint density at radius 2 is 2.03 bits per heavy atom. The molecule has 202 valence electrons. The normalized spacial score (nSPS) is 19.1. The Morgan fingerprint density at radius 1 is 1.26 bits per heavy atom. The SMILES string of the molecule is C[C@@]1(F)C[C@@H](C(=O)N(F)Cc2cccc(Cl)c2)N(C(=O)Cc2cn(C(N)=O)c3ccc(OCCO)cc23)C1. The summed E-state index contributed by atoms with van der Waals surface area (Å²) in [5.74, 6) is -1.27. The number of nitrogens with two attached hydrogens (primary N) is 1. The molecule has 12 heteroatoms. The second-order valence-electron chi connectivity index (χ2n) is 9.43. The first-order valence-electron chi connectivity index (χ1n) is 11.9. The number of nitrogens with zero attached hydrogens (tertiary/aromatic N) is 3. The average Bonchev–Trinajstić information content (AvgIpc) is 3.39. The summed E-state index contributed by atoms with van der Waals surface area (Å²) < 4.78 is 36.6. The Kier molecular flexibility index (Phi) is 7.89. The van der Waals surface area contributed by atoms with Crippen LogP contribution in [0.2, 0.25) is 5.02 Å². The van der Waals surface area contributed by atoms with Crippen LogP contribution in [-0.2, 0) is 22.6 Å². The van der Waals surface area contributed by atoms with Gasteiger partial charge in [0.1, 0.15) is 24.1 Å². The molecule has 2 heterocycles. The molecule has 2 atom stereocenters. The van der Waals surface area contributed by atoms with Gasteiger partial charge in [-0.2, -0.15) is 5.12 Å². The summed E-state index contributed by atoms with van der Waals surface area (Å²) >= 11 is 5.93. The van der Waals surface area contributed by atoms with Crippen LogP contribution in [0.3, 0.4) is 0 Å². The topological polar surface area (TPSA) is 118 Å². The number of ether oxygens (including phenoxy) is 1. The number of aliphatic hydroxyl groups excluding tert-OH is 1. The molecule has 1 aliphatic heterocycles. The number of primary amides is 1. The van der Waals surface area contributed by atoms with Gasteiger partial charge in [0.25, 0.3) is 5.91 Å². The highest BCUT2D eigenvalue weighted by Crippen LogP contribution is 2.33. The van der Waals surface area contributed by atoms with E-state index in [0.717, 1.165) is 9.47 Å². The summed E-state index contributed by atoms with van der Waals surface area (Å²) in [6, 6.07) is 8.95. The van der Waals surface area contributed by atoms with Crippen LogP contribution in [0.4, 0.5) is 13.7 Å². The summed E-state index contributed by atoms with van der Waals surface area (Å²) in [5.41, 5.74) is 4.81. The lowest BCUT2D eigenvalue weighted by Crippen LogP contribution is -2.45. The maximum atomic E-state index is 15.0. The zero-order valence-electron chi connectivity index (χ0n) is 20.6. The number of benzene rings is 2. The average molecular weight is 549 g/mol. The number of halogens is 3. The molecule has 0 unspecified atom stereocenters. The maximum Gasteiger partial charge on any atom is 0.323 e. The van der Waals surface area contributed by atoms with Crippen molar-refractivity contribution in [3.05, 3.63) is 64.8 Å². The first kappa shape index (κ1) is 27.3. The molecule has 1 saturated heterocycles. The summed E-state index contributed by atoms with van der Waals surface area (Å²) in [6.07, 6.45) is 0.722.